The molecule has 1 amide bonds. The number of benzene rings is 2. The number of pyridine rings is 1. The smallest absolute Gasteiger partial charge is 0.270 e. The van der Waals surface area contributed by atoms with E-state index in [-0.39, 0.29) is 5.91 Å². The van der Waals surface area contributed by atoms with Gasteiger partial charge >= 0.3 is 0 Å². The third-order valence-electron chi connectivity index (χ3n) is 6.19. The Kier molecular flexibility index (Phi) is 5.05. The molecule has 6 heteroatoms. The molecular formula is C26H26N4O2. The lowest BCUT2D eigenvalue weighted by Gasteiger charge is -2.30. The molecule has 6 nitrogen and oxygen atoms in total. The van der Waals surface area contributed by atoms with Crippen LogP contribution in [0, 0.1) is 0 Å². The van der Waals surface area contributed by atoms with Crippen LogP contribution in [0.4, 0.5) is 5.69 Å². The van der Waals surface area contributed by atoms with E-state index in [9.17, 15) is 4.79 Å². The molecule has 0 saturated heterocycles. The first-order valence-electron chi connectivity index (χ1n) is 10.7. The van der Waals surface area contributed by atoms with Gasteiger partial charge in [0.1, 0.15) is 11.4 Å². The lowest BCUT2D eigenvalue weighted by Crippen LogP contribution is -2.32. The van der Waals surface area contributed by atoms with Crippen molar-refractivity contribution in [1.29, 1.82) is 0 Å². The van der Waals surface area contributed by atoms with E-state index in [0.29, 0.717) is 6.54 Å². The van der Waals surface area contributed by atoms with Crippen LogP contribution in [-0.2, 0) is 13.1 Å². The van der Waals surface area contributed by atoms with E-state index in [1.807, 2.05) is 61.9 Å². The fraction of sp³-hybridized carbons (Fsp3) is 0.231. The van der Waals surface area contributed by atoms with Crippen LogP contribution in [0.15, 0.2) is 67.0 Å². The Bertz CT molecular complexity index is 1300. The van der Waals surface area contributed by atoms with Crippen molar-refractivity contribution in [3.05, 3.63) is 78.2 Å². The van der Waals surface area contributed by atoms with Crippen molar-refractivity contribution >= 4 is 22.5 Å². The van der Waals surface area contributed by atoms with Crippen LogP contribution < -0.4 is 9.64 Å². The minimum Gasteiger partial charge on any atom is -0.497 e. The van der Waals surface area contributed by atoms with Gasteiger partial charge in [-0.05, 0) is 41.5 Å². The third kappa shape index (κ3) is 3.38. The van der Waals surface area contributed by atoms with Gasteiger partial charge in [-0.3, -0.25) is 9.78 Å². The molecule has 2 aromatic carbocycles. The highest BCUT2D eigenvalue weighted by Gasteiger charge is 2.26. The summed E-state index contributed by atoms with van der Waals surface area (Å²) >= 11 is 0. The molecule has 0 radical (unpaired) electrons. The van der Waals surface area contributed by atoms with Gasteiger partial charge in [0, 0.05) is 57.1 Å². The van der Waals surface area contributed by atoms with Crippen LogP contribution in [0.3, 0.4) is 0 Å². The van der Waals surface area contributed by atoms with Gasteiger partial charge in [0.05, 0.1) is 18.3 Å². The maximum Gasteiger partial charge on any atom is 0.270 e. The maximum atomic E-state index is 13.5. The monoisotopic (exact) mass is 426 g/mol. The van der Waals surface area contributed by atoms with Crippen molar-refractivity contribution in [2.45, 2.75) is 13.1 Å². The van der Waals surface area contributed by atoms with Crippen molar-refractivity contribution in [1.82, 2.24) is 14.5 Å². The van der Waals surface area contributed by atoms with E-state index >= 15 is 0 Å². The molecule has 0 fully saturated rings. The number of carbonyl (C=O) groups is 1. The summed E-state index contributed by atoms with van der Waals surface area (Å²) in [7, 11) is 5.62. The number of aromatic nitrogens is 2. The SMILES string of the molecule is COc1cccc(CN(C)C(=O)c2cc3ccc(-c4ccncc4)c4c3n2CCN4C)c1. The standard InChI is InChI=1S/C26H26N4O2/c1-28-13-14-30-23(26(31)29(2)17-18-5-4-6-21(15-18)32-3)16-20-7-8-22(25(28)24(20)30)19-9-11-27-12-10-19/h4-12,15-16H,13-14,17H2,1-3H3. The van der Waals surface area contributed by atoms with Crippen molar-refractivity contribution in [2.75, 3.05) is 32.6 Å². The lowest BCUT2D eigenvalue weighted by atomic mass is 10.0. The summed E-state index contributed by atoms with van der Waals surface area (Å²) in [6.45, 7) is 2.15. The van der Waals surface area contributed by atoms with Gasteiger partial charge < -0.3 is 19.1 Å². The van der Waals surface area contributed by atoms with Crippen LogP contribution in [0.25, 0.3) is 22.0 Å². The van der Waals surface area contributed by atoms with Crippen molar-refractivity contribution < 1.29 is 9.53 Å². The normalized spacial score (nSPS) is 12.8. The molecule has 1 aliphatic heterocycles. The van der Waals surface area contributed by atoms with E-state index in [0.717, 1.165) is 57.8 Å². The average molecular weight is 427 g/mol. The minimum atomic E-state index is 0.0185. The molecular weight excluding hydrogens is 400 g/mol. The Labute approximate surface area is 187 Å². The number of hydrogen-bond donors (Lipinski definition) is 0. The molecule has 32 heavy (non-hydrogen) atoms. The van der Waals surface area contributed by atoms with Gasteiger partial charge in [-0.15, -0.1) is 0 Å². The molecule has 0 unspecified atom stereocenters. The summed E-state index contributed by atoms with van der Waals surface area (Å²) in [5, 5.41) is 1.09. The summed E-state index contributed by atoms with van der Waals surface area (Å²) in [6.07, 6.45) is 3.63. The maximum absolute atomic E-state index is 13.5. The zero-order chi connectivity index (χ0) is 22.2. The fourth-order valence-corrected chi connectivity index (χ4v) is 4.58. The Hall–Kier alpha value is -3.80. The summed E-state index contributed by atoms with van der Waals surface area (Å²) in [5.41, 5.74) is 6.33. The second-order valence-corrected chi connectivity index (χ2v) is 8.25. The van der Waals surface area contributed by atoms with Gasteiger partial charge in [-0.25, -0.2) is 0 Å². The number of amides is 1. The van der Waals surface area contributed by atoms with E-state index in [1.165, 1.54) is 0 Å². The number of carbonyl (C=O) groups excluding carboxylic acids is 1. The molecule has 2 aromatic heterocycles. The van der Waals surface area contributed by atoms with E-state index < -0.39 is 0 Å². The first-order valence-corrected chi connectivity index (χ1v) is 10.7. The van der Waals surface area contributed by atoms with E-state index in [2.05, 4.69) is 33.6 Å². The fourth-order valence-electron chi connectivity index (χ4n) is 4.58. The van der Waals surface area contributed by atoms with Crippen molar-refractivity contribution in [2.24, 2.45) is 0 Å². The molecule has 1 aliphatic rings. The van der Waals surface area contributed by atoms with Gasteiger partial charge in [-0.2, -0.15) is 0 Å². The summed E-state index contributed by atoms with van der Waals surface area (Å²) in [4.78, 5) is 21.7. The molecule has 5 rings (SSSR count). The number of likely N-dealkylation sites (N-methyl/N-ethyl adjacent to an activating group) is 1. The quantitative estimate of drug-likeness (QED) is 0.474. The molecule has 0 aliphatic carbocycles. The highest BCUT2D eigenvalue weighted by Crippen LogP contribution is 2.40. The highest BCUT2D eigenvalue weighted by molar-refractivity contribution is 6.06. The zero-order valence-corrected chi connectivity index (χ0v) is 18.6. The summed E-state index contributed by atoms with van der Waals surface area (Å²) < 4.78 is 7.50. The molecule has 0 saturated carbocycles. The van der Waals surface area contributed by atoms with E-state index in [4.69, 9.17) is 4.74 Å². The molecule has 0 atom stereocenters. The number of nitrogens with zero attached hydrogens (tertiary/aromatic N) is 4. The van der Waals surface area contributed by atoms with Crippen LogP contribution in [0.2, 0.25) is 0 Å². The Morgan fingerprint density at radius 1 is 1.09 bits per heavy atom. The second-order valence-electron chi connectivity index (χ2n) is 8.25. The van der Waals surface area contributed by atoms with Gasteiger partial charge in [0.2, 0.25) is 0 Å². The van der Waals surface area contributed by atoms with Crippen LogP contribution in [0.1, 0.15) is 16.1 Å². The van der Waals surface area contributed by atoms with Crippen LogP contribution >= 0.6 is 0 Å². The average Bonchev–Trinajstić information content (AvgIpc) is 3.21. The highest BCUT2D eigenvalue weighted by atomic mass is 16.5. The predicted molar refractivity (Wildman–Crippen MR) is 127 cm³/mol. The largest absolute Gasteiger partial charge is 0.497 e. The molecule has 162 valence electrons. The van der Waals surface area contributed by atoms with Gasteiger partial charge in [0.15, 0.2) is 0 Å². The molecule has 3 heterocycles. The predicted octanol–water partition coefficient (Wildman–Crippen LogP) is 4.43. The number of anilines is 1. The third-order valence-corrected chi connectivity index (χ3v) is 6.19. The first-order chi connectivity index (χ1) is 15.6. The lowest BCUT2D eigenvalue weighted by molar-refractivity contribution is 0.0774. The topological polar surface area (TPSA) is 50.6 Å². The zero-order valence-electron chi connectivity index (χ0n) is 18.6. The number of methoxy groups -OCH3 is 1. The second kappa shape index (κ2) is 8.04. The first kappa shape index (κ1) is 20.1. The molecule has 0 bridgehead atoms. The Morgan fingerprint density at radius 2 is 1.91 bits per heavy atom. The molecule has 4 aromatic rings. The van der Waals surface area contributed by atoms with Gasteiger partial charge in [-0.1, -0.05) is 24.3 Å². The Morgan fingerprint density at radius 3 is 2.69 bits per heavy atom. The summed E-state index contributed by atoms with van der Waals surface area (Å²) in [5.74, 6) is 0.813. The van der Waals surface area contributed by atoms with Crippen LogP contribution in [-0.4, -0.2) is 48.1 Å². The van der Waals surface area contributed by atoms with Crippen molar-refractivity contribution in [3.63, 3.8) is 0 Å². The molecule has 0 N–H and O–H groups in total. The number of ether oxygens (including phenoxy) is 1. The number of rotatable bonds is 5. The minimum absolute atomic E-state index is 0.0185. The van der Waals surface area contributed by atoms with Crippen molar-refractivity contribution in [3.8, 4) is 16.9 Å². The van der Waals surface area contributed by atoms with E-state index in [1.54, 1.807) is 12.0 Å². The number of hydrogen-bond acceptors (Lipinski definition) is 4. The Balaban J connectivity index is 1.55. The summed E-state index contributed by atoms with van der Waals surface area (Å²) in [6, 6.07) is 18.2. The van der Waals surface area contributed by atoms with Crippen LogP contribution in [0.5, 0.6) is 5.75 Å². The van der Waals surface area contributed by atoms with Gasteiger partial charge in [0.25, 0.3) is 5.91 Å². The molecule has 0 spiro atoms.